The second kappa shape index (κ2) is 7.61. The van der Waals surface area contributed by atoms with Gasteiger partial charge in [-0.3, -0.25) is 14.8 Å². The monoisotopic (exact) mass is 355 g/mol. The summed E-state index contributed by atoms with van der Waals surface area (Å²) in [6, 6.07) is 17.1. The van der Waals surface area contributed by atoms with Gasteiger partial charge in [-0.25, -0.2) is 4.68 Å². The fraction of sp³-hybridized carbons (Fsp3) is 0.0476. The summed E-state index contributed by atoms with van der Waals surface area (Å²) < 4.78 is 1.72. The predicted molar refractivity (Wildman–Crippen MR) is 102 cm³/mol. The number of carbonyl (C=O) groups excluding carboxylic acids is 1. The number of hydrogen-bond donors (Lipinski definition) is 1. The van der Waals surface area contributed by atoms with Gasteiger partial charge >= 0.3 is 0 Å². The number of rotatable bonds is 5. The molecule has 4 aromatic rings. The van der Waals surface area contributed by atoms with Gasteiger partial charge in [0.15, 0.2) is 0 Å². The zero-order valence-corrected chi connectivity index (χ0v) is 14.5. The Morgan fingerprint density at radius 1 is 0.889 bits per heavy atom. The van der Waals surface area contributed by atoms with Gasteiger partial charge in [0.1, 0.15) is 5.69 Å². The Bertz CT molecular complexity index is 1030. The SMILES string of the molecule is O=C(NCc1ccncc1)c1cn(-c2ccccc2)nc1-c1ccncc1. The van der Waals surface area contributed by atoms with Crippen molar-refractivity contribution in [3.63, 3.8) is 0 Å². The number of amides is 1. The van der Waals surface area contributed by atoms with Gasteiger partial charge in [-0.15, -0.1) is 0 Å². The first kappa shape index (κ1) is 16.7. The number of pyridine rings is 2. The third-order valence-corrected chi connectivity index (χ3v) is 4.14. The molecule has 1 N–H and O–H groups in total. The van der Waals surface area contributed by atoms with E-state index in [2.05, 4.69) is 20.4 Å². The second-order valence-corrected chi connectivity index (χ2v) is 5.95. The van der Waals surface area contributed by atoms with Crippen molar-refractivity contribution in [1.82, 2.24) is 25.1 Å². The Morgan fingerprint density at radius 2 is 1.56 bits per heavy atom. The Morgan fingerprint density at radius 3 is 2.26 bits per heavy atom. The molecule has 1 aromatic carbocycles. The summed E-state index contributed by atoms with van der Waals surface area (Å²) in [4.78, 5) is 20.9. The molecule has 0 fully saturated rings. The van der Waals surface area contributed by atoms with Crippen LogP contribution in [-0.4, -0.2) is 25.7 Å². The molecule has 1 amide bonds. The number of benzene rings is 1. The van der Waals surface area contributed by atoms with Crippen LogP contribution in [0.4, 0.5) is 0 Å². The predicted octanol–water partition coefficient (Wildman–Crippen LogP) is 3.26. The number of nitrogens with zero attached hydrogens (tertiary/aromatic N) is 4. The Kier molecular flexibility index (Phi) is 4.70. The number of para-hydroxylation sites is 1. The molecule has 3 heterocycles. The molecule has 4 rings (SSSR count). The first-order chi connectivity index (χ1) is 13.3. The van der Waals surface area contributed by atoms with E-state index in [9.17, 15) is 4.79 Å². The van der Waals surface area contributed by atoms with Crippen LogP contribution < -0.4 is 5.32 Å². The number of hydrogen-bond acceptors (Lipinski definition) is 4. The lowest BCUT2D eigenvalue weighted by molar-refractivity contribution is 0.0951. The molecule has 0 atom stereocenters. The van der Waals surface area contributed by atoms with Crippen molar-refractivity contribution >= 4 is 5.91 Å². The zero-order chi connectivity index (χ0) is 18.5. The molecule has 6 heteroatoms. The van der Waals surface area contributed by atoms with Crippen LogP contribution in [0.3, 0.4) is 0 Å². The van der Waals surface area contributed by atoms with Crippen LogP contribution in [0.25, 0.3) is 16.9 Å². The van der Waals surface area contributed by atoms with E-state index in [4.69, 9.17) is 0 Å². The van der Waals surface area contributed by atoms with E-state index < -0.39 is 0 Å². The fourth-order valence-electron chi connectivity index (χ4n) is 2.75. The minimum Gasteiger partial charge on any atom is -0.348 e. The summed E-state index contributed by atoms with van der Waals surface area (Å²) in [7, 11) is 0. The van der Waals surface area contributed by atoms with E-state index >= 15 is 0 Å². The molecule has 0 unspecified atom stereocenters. The highest BCUT2D eigenvalue weighted by molar-refractivity contribution is 5.99. The van der Waals surface area contributed by atoms with E-state index in [1.165, 1.54) is 0 Å². The highest BCUT2D eigenvalue weighted by Gasteiger charge is 2.18. The van der Waals surface area contributed by atoms with Crippen LogP contribution in [0, 0.1) is 0 Å². The minimum absolute atomic E-state index is 0.180. The summed E-state index contributed by atoms with van der Waals surface area (Å²) in [5.74, 6) is -0.180. The van der Waals surface area contributed by atoms with Gasteiger partial charge in [-0.1, -0.05) is 18.2 Å². The van der Waals surface area contributed by atoms with Crippen molar-refractivity contribution < 1.29 is 4.79 Å². The van der Waals surface area contributed by atoms with Gasteiger partial charge in [-0.05, 0) is 42.0 Å². The van der Waals surface area contributed by atoms with Crippen LogP contribution in [-0.2, 0) is 6.54 Å². The van der Waals surface area contributed by atoms with E-state index in [1.807, 2.05) is 54.6 Å². The highest BCUT2D eigenvalue weighted by Crippen LogP contribution is 2.23. The second-order valence-electron chi connectivity index (χ2n) is 5.95. The quantitative estimate of drug-likeness (QED) is 0.596. The molecule has 27 heavy (non-hydrogen) atoms. The smallest absolute Gasteiger partial charge is 0.255 e. The molecule has 6 nitrogen and oxygen atoms in total. The first-order valence-electron chi connectivity index (χ1n) is 8.54. The fourth-order valence-corrected chi connectivity index (χ4v) is 2.75. The van der Waals surface area contributed by atoms with Crippen LogP contribution >= 0.6 is 0 Å². The third-order valence-electron chi connectivity index (χ3n) is 4.14. The lowest BCUT2D eigenvalue weighted by Gasteiger charge is -2.05. The standard InChI is InChI=1S/C21H17N5O/c27-21(24-14-16-6-10-22-11-7-16)19-15-26(18-4-2-1-3-5-18)25-20(19)17-8-12-23-13-9-17/h1-13,15H,14H2,(H,24,27). The van der Waals surface area contributed by atoms with Crippen LogP contribution in [0.5, 0.6) is 0 Å². The summed E-state index contributed by atoms with van der Waals surface area (Å²) >= 11 is 0. The number of nitrogens with one attached hydrogen (secondary N) is 1. The van der Waals surface area contributed by atoms with E-state index in [0.717, 1.165) is 16.8 Å². The van der Waals surface area contributed by atoms with Crippen molar-refractivity contribution in [3.05, 3.63) is 96.7 Å². The topological polar surface area (TPSA) is 72.7 Å². The lowest BCUT2D eigenvalue weighted by atomic mass is 10.1. The maximum atomic E-state index is 12.9. The van der Waals surface area contributed by atoms with Gasteiger partial charge in [0.25, 0.3) is 5.91 Å². The zero-order valence-electron chi connectivity index (χ0n) is 14.5. The third kappa shape index (κ3) is 3.74. The van der Waals surface area contributed by atoms with Gasteiger partial charge in [0.2, 0.25) is 0 Å². The Labute approximate surface area is 156 Å². The first-order valence-corrected chi connectivity index (χ1v) is 8.54. The molecule has 132 valence electrons. The molecule has 0 aliphatic carbocycles. The molecular weight excluding hydrogens is 338 g/mol. The van der Waals surface area contributed by atoms with Crippen molar-refractivity contribution in [1.29, 1.82) is 0 Å². The molecule has 0 spiro atoms. The minimum atomic E-state index is -0.180. The van der Waals surface area contributed by atoms with Gasteiger partial charge in [-0.2, -0.15) is 5.10 Å². The molecule has 0 saturated carbocycles. The molecule has 0 radical (unpaired) electrons. The summed E-state index contributed by atoms with van der Waals surface area (Å²) in [5, 5.41) is 7.60. The molecule has 0 aliphatic rings. The molecule has 0 saturated heterocycles. The summed E-state index contributed by atoms with van der Waals surface area (Å²) in [6.07, 6.45) is 8.55. The van der Waals surface area contributed by atoms with Crippen molar-refractivity contribution in [3.8, 4) is 16.9 Å². The molecule has 0 bridgehead atoms. The van der Waals surface area contributed by atoms with E-state index in [1.54, 1.807) is 35.7 Å². The average Bonchev–Trinajstić information content (AvgIpc) is 3.20. The average molecular weight is 355 g/mol. The normalized spacial score (nSPS) is 10.5. The summed E-state index contributed by atoms with van der Waals surface area (Å²) in [5.41, 5.74) is 3.85. The molecular formula is C21H17N5O. The maximum absolute atomic E-state index is 12.9. The number of aromatic nitrogens is 4. The van der Waals surface area contributed by atoms with Gasteiger partial charge < -0.3 is 5.32 Å². The van der Waals surface area contributed by atoms with Crippen LogP contribution in [0.2, 0.25) is 0 Å². The van der Waals surface area contributed by atoms with Gasteiger partial charge in [0, 0.05) is 43.1 Å². The van der Waals surface area contributed by atoms with Crippen LogP contribution in [0.15, 0.2) is 85.6 Å². The molecule has 0 aliphatic heterocycles. The number of carbonyl (C=O) groups is 1. The molecule has 3 aromatic heterocycles. The summed E-state index contributed by atoms with van der Waals surface area (Å²) in [6.45, 7) is 0.424. The van der Waals surface area contributed by atoms with Crippen molar-refractivity contribution in [2.45, 2.75) is 6.54 Å². The Balaban J connectivity index is 1.67. The van der Waals surface area contributed by atoms with Crippen molar-refractivity contribution in [2.75, 3.05) is 0 Å². The van der Waals surface area contributed by atoms with E-state index in [-0.39, 0.29) is 5.91 Å². The highest BCUT2D eigenvalue weighted by atomic mass is 16.1. The maximum Gasteiger partial charge on any atom is 0.255 e. The largest absolute Gasteiger partial charge is 0.348 e. The van der Waals surface area contributed by atoms with E-state index in [0.29, 0.717) is 17.8 Å². The van der Waals surface area contributed by atoms with Crippen LogP contribution in [0.1, 0.15) is 15.9 Å². The van der Waals surface area contributed by atoms with Gasteiger partial charge in [0.05, 0.1) is 11.3 Å². The lowest BCUT2D eigenvalue weighted by Crippen LogP contribution is -2.23. The van der Waals surface area contributed by atoms with Crippen molar-refractivity contribution in [2.24, 2.45) is 0 Å². The Hall–Kier alpha value is -3.80.